The van der Waals surface area contributed by atoms with Gasteiger partial charge in [0.15, 0.2) is 0 Å². The lowest BCUT2D eigenvalue weighted by Crippen LogP contribution is -2.49. The average Bonchev–Trinajstić information content (AvgIpc) is 2.46. The highest BCUT2D eigenvalue weighted by Crippen LogP contribution is 2.30. The predicted molar refractivity (Wildman–Crippen MR) is 75.8 cm³/mol. The van der Waals surface area contributed by atoms with E-state index in [4.69, 9.17) is 5.11 Å². The molecule has 2 aliphatic rings. The molecule has 1 saturated carbocycles. The molecule has 1 unspecified atom stereocenters. The van der Waals surface area contributed by atoms with E-state index < -0.39 is 0 Å². The maximum Gasteiger partial charge on any atom is 0.225 e. The molecule has 1 atom stereocenters. The van der Waals surface area contributed by atoms with Gasteiger partial charge < -0.3 is 14.9 Å². The minimum absolute atomic E-state index is 0.194. The number of piperidine rings is 1. The zero-order valence-corrected chi connectivity index (χ0v) is 12.3. The second-order valence-electron chi connectivity index (χ2n) is 6.41. The van der Waals surface area contributed by atoms with Crippen molar-refractivity contribution in [1.82, 2.24) is 9.80 Å². The summed E-state index contributed by atoms with van der Waals surface area (Å²) in [6, 6.07) is 0.391. The molecule has 19 heavy (non-hydrogen) atoms. The molecule has 0 bridgehead atoms. The van der Waals surface area contributed by atoms with Gasteiger partial charge in [-0.2, -0.15) is 0 Å². The van der Waals surface area contributed by atoms with Crippen LogP contribution in [0.1, 0.15) is 38.5 Å². The Morgan fingerprint density at radius 1 is 1.26 bits per heavy atom. The van der Waals surface area contributed by atoms with E-state index in [2.05, 4.69) is 11.9 Å². The number of nitrogens with zero attached hydrogens (tertiary/aromatic N) is 2. The third-order valence-electron chi connectivity index (χ3n) is 4.95. The van der Waals surface area contributed by atoms with Crippen LogP contribution in [0.2, 0.25) is 0 Å². The zero-order chi connectivity index (χ0) is 13.8. The Kier molecular flexibility index (Phi) is 5.22. The molecule has 1 saturated heterocycles. The Balaban J connectivity index is 1.85. The summed E-state index contributed by atoms with van der Waals surface area (Å²) in [5.74, 6) is 0.951. The molecular weight excluding hydrogens is 240 g/mol. The standard InChI is InChI=1S/C15H28N2O2/c1-16-9-3-4-14(10-16)17(2)15(19)13-7-5-12(11-18)6-8-13/h12-14,18H,3-11H2,1-2H3. The minimum Gasteiger partial charge on any atom is -0.396 e. The van der Waals surface area contributed by atoms with Gasteiger partial charge in [-0.25, -0.2) is 0 Å². The molecule has 2 fully saturated rings. The van der Waals surface area contributed by atoms with Crippen molar-refractivity contribution in [2.24, 2.45) is 11.8 Å². The van der Waals surface area contributed by atoms with Crippen molar-refractivity contribution in [1.29, 1.82) is 0 Å². The van der Waals surface area contributed by atoms with Crippen molar-refractivity contribution in [3.8, 4) is 0 Å². The van der Waals surface area contributed by atoms with Crippen LogP contribution in [0.3, 0.4) is 0 Å². The first kappa shape index (κ1) is 14.8. The Hall–Kier alpha value is -0.610. The fourth-order valence-electron chi connectivity index (χ4n) is 3.52. The smallest absolute Gasteiger partial charge is 0.225 e. The summed E-state index contributed by atoms with van der Waals surface area (Å²) < 4.78 is 0. The van der Waals surface area contributed by atoms with Crippen LogP contribution in [0.25, 0.3) is 0 Å². The van der Waals surface area contributed by atoms with Crippen LogP contribution >= 0.6 is 0 Å². The summed E-state index contributed by atoms with van der Waals surface area (Å²) in [6.45, 7) is 2.44. The van der Waals surface area contributed by atoms with E-state index in [9.17, 15) is 4.79 Å². The summed E-state index contributed by atoms with van der Waals surface area (Å²) in [5, 5.41) is 9.16. The van der Waals surface area contributed by atoms with Gasteiger partial charge in [0.25, 0.3) is 0 Å². The molecule has 2 rings (SSSR count). The maximum atomic E-state index is 12.5. The van der Waals surface area contributed by atoms with Crippen LogP contribution in [-0.2, 0) is 4.79 Å². The van der Waals surface area contributed by atoms with E-state index in [1.54, 1.807) is 0 Å². The topological polar surface area (TPSA) is 43.8 Å². The van der Waals surface area contributed by atoms with Gasteiger partial charge in [-0.1, -0.05) is 0 Å². The third kappa shape index (κ3) is 3.69. The average molecular weight is 268 g/mol. The van der Waals surface area contributed by atoms with Gasteiger partial charge in [0, 0.05) is 32.2 Å². The molecule has 0 aromatic rings. The van der Waals surface area contributed by atoms with Gasteiger partial charge in [-0.05, 0) is 58.0 Å². The number of rotatable bonds is 3. The monoisotopic (exact) mass is 268 g/mol. The van der Waals surface area contributed by atoms with E-state index in [0.29, 0.717) is 17.9 Å². The summed E-state index contributed by atoms with van der Waals surface area (Å²) in [7, 11) is 4.11. The van der Waals surface area contributed by atoms with Crippen LogP contribution in [0, 0.1) is 11.8 Å². The Morgan fingerprint density at radius 2 is 1.95 bits per heavy atom. The molecule has 0 radical (unpaired) electrons. The lowest BCUT2D eigenvalue weighted by molar-refractivity contribution is -0.138. The largest absolute Gasteiger partial charge is 0.396 e. The number of likely N-dealkylation sites (N-methyl/N-ethyl adjacent to an activating group) is 2. The lowest BCUT2D eigenvalue weighted by Gasteiger charge is -2.38. The highest BCUT2D eigenvalue weighted by molar-refractivity contribution is 5.79. The van der Waals surface area contributed by atoms with Crippen LogP contribution < -0.4 is 0 Å². The zero-order valence-electron chi connectivity index (χ0n) is 12.3. The second kappa shape index (κ2) is 6.71. The summed E-state index contributed by atoms with van der Waals surface area (Å²) in [5.41, 5.74) is 0. The quantitative estimate of drug-likeness (QED) is 0.840. The number of amides is 1. The molecule has 110 valence electrons. The van der Waals surface area contributed by atoms with Crippen LogP contribution in [0.4, 0.5) is 0 Å². The molecule has 1 aliphatic carbocycles. The first-order valence-corrected chi connectivity index (χ1v) is 7.68. The highest BCUT2D eigenvalue weighted by atomic mass is 16.3. The number of carbonyl (C=O) groups is 1. The molecule has 1 aliphatic heterocycles. The number of likely N-dealkylation sites (tertiary alicyclic amines) is 1. The van der Waals surface area contributed by atoms with Crippen LogP contribution in [-0.4, -0.2) is 60.6 Å². The lowest BCUT2D eigenvalue weighted by atomic mass is 9.81. The number of carbonyl (C=O) groups excluding carboxylic acids is 1. The molecule has 0 spiro atoms. The Labute approximate surface area is 116 Å². The molecule has 0 aromatic heterocycles. The SMILES string of the molecule is CN1CCCC(N(C)C(=O)C2CCC(CO)CC2)C1. The van der Waals surface area contributed by atoms with Gasteiger partial charge in [-0.3, -0.25) is 4.79 Å². The number of hydrogen-bond acceptors (Lipinski definition) is 3. The fourth-order valence-corrected chi connectivity index (χ4v) is 3.52. The van der Waals surface area contributed by atoms with Gasteiger partial charge in [0.1, 0.15) is 0 Å². The van der Waals surface area contributed by atoms with Gasteiger partial charge in [0.2, 0.25) is 5.91 Å². The first-order chi connectivity index (χ1) is 9.11. The van der Waals surface area contributed by atoms with Crippen molar-refractivity contribution in [3.05, 3.63) is 0 Å². The number of hydrogen-bond donors (Lipinski definition) is 1. The number of aliphatic hydroxyl groups excluding tert-OH is 1. The van der Waals surface area contributed by atoms with Crippen molar-refractivity contribution in [2.75, 3.05) is 33.8 Å². The van der Waals surface area contributed by atoms with Crippen LogP contribution in [0.5, 0.6) is 0 Å². The first-order valence-electron chi connectivity index (χ1n) is 7.68. The summed E-state index contributed by atoms with van der Waals surface area (Å²) >= 11 is 0. The van der Waals surface area contributed by atoms with Crippen LogP contribution in [0.15, 0.2) is 0 Å². The Morgan fingerprint density at radius 3 is 2.53 bits per heavy atom. The van der Waals surface area contributed by atoms with Gasteiger partial charge >= 0.3 is 0 Å². The van der Waals surface area contributed by atoms with E-state index in [-0.39, 0.29) is 12.5 Å². The minimum atomic E-state index is 0.194. The summed E-state index contributed by atoms with van der Waals surface area (Å²) in [4.78, 5) is 16.9. The van der Waals surface area contributed by atoms with E-state index >= 15 is 0 Å². The fraction of sp³-hybridized carbons (Fsp3) is 0.933. The summed E-state index contributed by atoms with van der Waals surface area (Å²) in [6.07, 6.45) is 6.25. The molecule has 1 heterocycles. The van der Waals surface area contributed by atoms with Crippen molar-refractivity contribution in [3.63, 3.8) is 0 Å². The van der Waals surface area contributed by atoms with Gasteiger partial charge in [-0.15, -0.1) is 0 Å². The maximum absolute atomic E-state index is 12.5. The molecule has 0 aromatic carbocycles. The molecule has 4 heteroatoms. The molecule has 4 nitrogen and oxygen atoms in total. The Bertz CT molecular complexity index is 301. The molecule has 1 N–H and O–H groups in total. The second-order valence-corrected chi connectivity index (χ2v) is 6.41. The van der Waals surface area contributed by atoms with Crippen molar-refractivity contribution < 1.29 is 9.90 Å². The van der Waals surface area contributed by atoms with Crippen molar-refractivity contribution >= 4 is 5.91 Å². The normalized spacial score (nSPS) is 33.1. The molecule has 1 amide bonds. The highest BCUT2D eigenvalue weighted by Gasteiger charge is 2.31. The predicted octanol–water partition coefficient (Wildman–Crippen LogP) is 1.34. The molecular formula is C15H28N2O2. The van der Waals surface area contributed by atoms with E-state index in [1.807, 2.05) is 11.9 Å². The van der Waals surface area contributed by atoms with Crippen molar-refractivity contribution in [2.45, 2.75) is 44.6 Å². The number of aliphatic hydroxyl groups is 1. The van der Waals surface area contributed by atoms with E-state index in [1.165, 1.54) is 6.42 Å². The van der Waals surface area contributed by atoms with Gasteiger partial charge in [0.05, 0.1) is 0 Å². The van der Waals surface area contributed by atoms with E-state index in [0.717, 1.165) is 45.2 Å². The third-order valence-corrected chi connectivity index (χ3v) is 4.95.